The number of benzene rings is 1. The molecule has 0 aromatic heterocycles. The third-order valence-electron chi connectivity index (χ3n) is 2.64. The van der Waals surface area contributed by atoms with Gasteiger partial charge < -0.3 is 5.11 Å². The van der Waals surface area contributed by atoms with Gasteiger partial charge in [-0.3, -0.25) is 0 Å². The van der Waals surface area contributed by atoms with Crippen LogP contribution in [-0.2, 0) is 15.8 Å². The predicted octanol–water partition coefficient (Wildman–Crippen LogP) is 1.14. The first-order valence-electron chi connectivity index (χ1n) is 6.15. The minimum atomic E-state index is -3.42. The number of aliphatic hydroxyl groups is 1. The molecule has 0 fully saturated rings. The van der Waals surface area contributed by atoms with Crippen molar-refractivity contribution in [1.29, 1.82) is 5.26 Å². The second kappa shape index (κ2) is 7.89. The van der Waals surface area contributed by atoms with Crippen LogP contribution >= 0.6 is 0 Å². The van der Waals surface area contributed by atoms with E-state index in [1.54, 1.807) is 24.3 Å². The van der Waals surface area contributed by atoms with Crippen LogP contribution in [0, 0.1) is 11.3 Å². The third kappa shape index (κ3) is 5.83. The van der Waals surface area contributed by atoms with Gasteiger partial charge in [-0.2, -0.15) is 5.26 Å². The minimum Gasteiger partial charge on any atom is -0.396 e. The average Bonchev–Trinajstić information content (AvgIpc) is 2.38. The number of rotatable bonds is 8. The number of nitrogens with one attached hydrogen (secondary N) is 1. The number of nitrogens with zero attached hydrogens (tertiary/aromatic N) is 1. The molecule has 0 aliphatic carbocycles. The number of sulfonamides is 1. The molecule has 0 saturated heterocycles. The summed E-state index contributed by atoms with van der Waals surface area (Å²) in [5.74, 6) is -0.184. The fraction of sp³-hybridized carbons (Fsp3) is 0.462. The molecular weight excluding hydrogens is 264 g/mol. The Morgan fingerprint density at radius 1 is 1.21 bits per heavy atom. The molecule has 1 aromatic rings. The fourth-order valence-corrected chi connectivity index (χ4v) is 2.87. The van der Waals surface area contributed by atoms with Gasteiger partial charge >= 0.3 is 0 Å². The van der Waals surface area contributed by atoms with Gasteiger partial charge in [-0.05, 0) is 30.9 Å². The van der Waals surface area contributed by atoms with Gasteiger partial charge in [0.1, 0.15) is 0 Å². The molecule has 0 heterocycles. The molecule has 1 aromatic carbocycles. The lowest BCUT2D eigenvalue weighted by atomic mass is 10.1. The van der Waals surface area contributed by atoms with Gasteiger partial charge in [-0.25, -0.2) is 13.1 Å². The maximum atomic E-state index is 11.8. The van der Waals surface area contributed by atoms with Crippen LogP contribution in [0.1, 0.15) is 30.4 Å². The van der Waals surface area contributed by atoms with Gasteiger partial charge in [0.05, 0.1) is 17.4 Å². The molecule has 1 rings (SSSR count). The van der Waals surface area contributed by atoms with Crippen molar-refractivity contribution in [2.45, 2.75) is 25.0 Å². The summed E-state index contributed by atoms with van der Waals surface area (Å²) < 4.78 is 26.2. The summed E-state index contributed by atoms with van der Waals surface area (Å²) in [6.45, 7) is 0.485. The zero-order chi connectivity index (χ0) is 14.1. The topological polar surface area (TPSA) is 90.2 Å². The van der Waals surface area contributed by atoms with E-state index in [2.05, 4.69) is 4.72 Å². The maximum absolute atomic E-state index is 11.8. The number of unbranched alkanes of at least 4 members (excludes halogenated alkanes) is 2. The summed E-state index contributed by atoms with van der Waals surface area (Å²) in [7, 11) is -3.42. The van der Waals surface area contributed by atoms with E-state index in [4.69, 9.17) is 10.4 Å². The van der Waals surface area contributed by atoms with Crippen LogP contribution in [0.3, 0.4) is 0 Å². The smallest absolute Gasteiger partial charge is 0.215 e. The van der Waals surface area contributed by atoms with Crippen molar-refractivity contribution in [2.24, 2.45) is 0 Å². The standard InChI is InChI=1S/C13H18N2O3S/c14-10-12-6-2-3-7-13(12)11-19(17,18)15-8-4-1-5-9-16/h2-3,6-7,15-16H,1,4-5,8-9,11H2. The normalized spacial score (nSPS) is 11.2. The van der Waals surface area contributed by atoms with Gasteiger partial charge in [-0.15, -0.1) is 0 Å². The summed E-state index contributed by atoms with van der Waals surface area (Å²) in [6, 6.07) is 8.65. The highest BCUT2D eigenvalue weighted by atomic mass is 32.2. The van der Waals surface area contributed by atoms with Crippen molar-refractivity contribution < 1.29 is 13.5 Å². The Hall–Kier alpha value is -1.42. The molecule has 0 radical (unpaired) electrons. The Morgan fingerprint density at radius 3 is 2.63 bits per heavy atom. The lowest BCUT2D eigenvalue weighted by Gasteiger charge is -2.07. The molecule has 0 spiro atoms. The molecule has 0 aliphatic heterocycles. The lowest BCUT2D eigenvalue weighted by molar-refractivity contribution is 0.283. The van der Waals surface area contributed by atoms with Crippen molar-refractivity contribution in [3.63, 3.8) is 0 Å². The van der Waals surface area contributed by atoms with Gasteiger partial charge in [0.2, 0.25) is 10.0 Å². The van der Waals surface area contributed by atoms with E-state index >= 15 is 0 Å². The van der Waals surface area contributed by atoms with Crippen molar-refractivity contribution >= 4 is 10.0 Å². The second-order valence-corrected chi connectivity index (χ2v) is 6.01. The second-order valence-electron chi connectivity index (χ2n) is 4.21. The average molecular weight is 282 g/mol. The summed E-state index contributed by atoms with van der Waals surface area (Å²) in [4.78, 5) is 0. The molecular formula is C13H18N2O3S. The Balaban J connectivity index is 2.53. The van der Waals surface area contributed by atoms with Gasteiger partial charge in [0, 0.05) is 13.2 Å². The zero-order valence-corrected chi connectivity index (χ0v) is 11.5. The summed E-state index contributed by atoms with van der Waals surface area (Å²) in [6.07, 6.45) is 2.16. The molecule has 5 nitrogen and oxygen atoms in total. The van der Waals surface area contributed by atoms with Crippen LogP contribution in [0.2, 0.25) is 0 Å². The first-order valence-corrected chi connectivity index (χ1v) is 7.80. The lowest BCUT2D eigenvalue weighted by Crippen LogP contribution is -2.26. The molecule has 0 aliphatic rings. The number of aliphatic hydroxyl groups excluding tert-OH is 1. The summed E-state index contributed by atoms with van der Waals surface area (Å²) >= 11 is 0. The first-order chi connectivity index (χ1) is 9.09. The Morgan fingerprint density at radius 2 is 1.95 bits per heavy atom. The SMILES string of the molecule is N#Cc1ccccc1CS(=O)(=O)NCCCCCO. The van der Waals surface area contributed by atoms with Crippen molar-refractivity contribution in [1.82, 2.24) is 4.72 Å². The summed E-state index contributed by atoms with van der Waals surface area (Å²) in [5, 5.41) is 17.5. The molecule has 0 amide bonds. The van der Waals surface area contributed by atoms with E-state index in [1.165, 1.54) is 0 Å². The highest BCUT2D eigenvalue weighted by molar-refractivity contribution is 7.88. The highest BCUT2D eigenvalue weighted by Gasteiger charge is 2.13. The molecule has 0 atom stereocenters. The highest BCUT2D eigenvalue weighted by Crippen LogP contribution is 2.10. The molecule has 0 saturated carbocycles. The van der Waals surface area contributed by atoms with Crippen molar-refractivity contribution in [3.05, 3.63) is 35.4 Å². The molecule has 2 N–H and O–H groups in total. The fourth-order valence-electron chi connectivity index (χ4n) is 1.65. The van der Waals surface area contributed by atoms with Gasteiger partial charge in [0.25, 0.3) is 0 Å². The first kappa shape index (κ1) is 15.6. The van der Waals surface area contributed by atoms with Gasteiger partial charge in [0.15, 0.2) is 0 Å². The van der Waals surface area contributed by atoms with Crippen LogP contribution in [0.25, 0.3) is 0 Å². The van der Waals surface area contributed by atoms with Crippen LogP contribution in [0.4, 0.5) is 0 Å². The van der Waals surface area contributed by atoms with E-state index in [9.17, 15) is 8.42 Å². The quantitative estimate of drug-likeness (QED) is 0.700. The Kier molecular flexibility index (Phi) is 6.50. The number of hydrogen-bond acceptors (Lipinski definition) is 4. The van der Waals surface area contributed by atoms with Crippen molar-refractivity contribution in [2.75, 3.05) is 13.2 Å². The molecule has 19 heavy (non-hydrogen) atoms. The van der Waals surface area contributed by atoms with Gasteiger partial charge in [-0.1, -0.05) is 18.2 Å². The zero-order valence-electron chi connectivity index (χ0n) is 10.7. The van der Waals surface area contributed by atoms with E-state index < -0.39 is 10.0 Å². The minimum absolute atomic E-state index is 0.127. The largest absolute Gasteiger partial charge is 0.396 e. The van der Waals surface area contributed by atoms with Crippen molar-refractivity contribution in [3.8, 4) is 6.07 Å². The molecule has 0 bridgehead atoms. The molecule has 6 heteroatoms. The Bertz CT molecular complexity index is 535. The van der Waals surface area contributed by atoms with E-state index in [1.807, 2.05) is 6.07 Å². The van der Waals surface area contributed by atoms with Crippen LogP contribution in [0.15, 0.2) is 24.3 Å². The number of nitriles is 1. The maximum Gasteiger partial charge on any atom is 0.215 e. The molecule has 104 valence electrons. The van der Waals surface area contributed by atoms with E-state index in [0.717, 1.165) is 6.42 Å². The van der Waals surface area contributed by atoms with Crippen LogP contribution in [0.5, 0.6) is 0 Å². The van der Waals surface area contributed by atoms with Crippen LogP contribution in [-0.4, -0.2) is 26.7 Å². The Labute approximate surface area is 113 Å². The van der Waals surface area contributed by atoms with E-state index in [-0.39, 0.29) is 12.4 Å². The van der Waals surface area contributed by atoms with Crippen LogP contribution < -0.4 is 4.72 Å². The third-order valence-corrected chi connectivity index (χ3v) is 3.98. The van der Waals surface area contributed by atoms with E-state index in [0.29, 0.717) is 30.5 Å². The summed E-state index contributed by atoms with van der Waals surface area (Å²) in [5.41, 5.74) is 0.890. The number of hydrogen-bond donors (Lipinski definition) is 2. The molecule has 0 unspecified atom stereocenters. The monoisotopic (exact) mass is 282 g/mol. The predicted molar refractivity (Wildman–Crippen MR) is 72.7 cm³/mol.